The molecular weight excluding hydrogens is 464 g/mol. The summed E-state index contributed by atoms with van der Waals surface area (Å²) in [5.74, 6) is -0.476. The molecule has 0 saturated heterocycles. The Labute approximate surface area is 172 Å². The first kappa shape index (κ1) is 20.6. The first-order valence-corrected chi connectivity index (χ1v) is 12.1. The minimum absolute atomic E-state index is 0.0264. The second kappa shape index (κ2) is 7.69. The van der Waals surface area contributed by atoms with Crippen LogP contribution < -0.4 is 0 Å². The molecule has 0 bridgehead atoms. The van der Waals surface area contributed by atoms with Gasteiger partial charge < -0.3 is 5.11 Å². The van der Waals surface area contributed by atoms with Crippen molar-refractivity contribution in [2.45, 2.75) is 32.9 Å². The smallest absolute Gasteiger partial charge is 0.210 e. The van der Waals surface area contributed by atoms with E-state index in [4.69, 9.17) is 0 Å². The molecule has 0 fully saturated rings. The molecule has 146 valence electrons. The summed E-state index contributed by atoms with van der Waals surface area (Å²) in [5, 5.41) is 10.3. The molecule has 0 aliphatic carbocycles. The van der Waals surface area contributed by atoms with Crippen molar-refractivity contribution in [3.8, 4) is 5.75 Å². The molecule has 3 aromatic carbocycles. The monoisotopic (exact) mass is 480 g/mol. The number of sulfone groups is 2. The van der Waals surface area contributed by atoms with Crippen molar-refractivity contribution in [1.29, 1.82) is 0 Å². The lowest BCUT2D eigenvalue weighted by atomic mass is 10.1. The van der Waals surface area contributed by atoms with Crippen molar-refractivity contribution >= 4 is 35.6 Å². The van der Waals surface area contributed by atoms with Crippen LogP contribution in [0.5, 0.6) is 5.75 Å². The van der Waals surface area contributed by atoms with E-state index in [0.717, 1.165) is 10.5 Å². The SMILES string of the molecule is CCc1cc(O)c(S(=O)(=O)c2ccccc2)cc1S(=O)(=O)c1ccc(Br)cc1. The lowest BCUT2D eigenvalue weighted by Gasteiger charge is -2.14. The lowest BCUT2D eigenvalue weighted by Crippen LogP contribution is -2.09. The number of hydrogen-bond donors (Lipinski definition) is 1. The zero-order chi connectivity index (χ0) is 20.5. The third-order valence-electron chi connectivity index (χ3n) is 4.28. The van der Waals surface area contributed by atoms with Gasteiger partial charge in [-0.3, -0.25) is 0 Å². The number of aryl methyl sites for hydroxylation is 1. The van der Waals surface area contributed by atoms with Crippen LogP contribution in [0, 0.1) is 0 Å². The van der Waals surface area contributed by atoms with Crippen LogP contribution in [-0.4, -0.2) is 21.9 Å². The Morgan fingerprint density at radius 1 is 0.786 bits per heavy atom. The summed E-state index contributed by atoms with van der Waals surface area (Å²) in [6, 6.07) is 15.9. The summed E-state index contributed by atoms with van der Waals surface area (Å²) >= 11 is 3.26. The molecule has 0 aromatic heterocycles. The average Bonchev–Trinajstić information content (AvgIpc) is 2.68. The molecule has 0 aliphatic heterocycles. The van der Waals surface area contributed by atoms with Crippen LogP contribution in [0.15, 0.2) is 90.8 Å². The van der Waals surface area contributed by atoms with Crippen molar-refractivity contribution in [3.63, 3.8) is 0 Å². The molecule has 0 atom stereocenters. The van der Waals surface area contributed by atoms with E-state index in [1.807, 2.05) is 0 Å². The van der Waals surface area contributed by atoms with Gasteiger partial charge in [-0.15, -0.1) is 0 Å². The second-order valence-corrected chi connectivity index (χ2v) is 10.8. The van der Waals surface area contributed by atoms with Gasteiger partial charge in [-0.05, 0) is 60.5 Å². The third kappa shape index (κ3) is 3.72. The van der Waals surface area contributed by atoms with E-state index in [9.17, 15) is 21.9 Å². The van der Waals surface area contributed by atoms with Crippen molar-refractivity contribution in [2.24, 2.45) is 0 Å². The highest BCUT2D eigenvalue weighted by molar-refractivity contribution is 9.10. The molecule has 5 nitrogen and oxygen atoms in total. The van der Waals surface area contributed by atoms with Gasteiger partial charge in [0.2, 0.25) is 19.7 Å². The van der Waals surface area contributed by atoms with Gasteiger partial charge >= 0.3 is 0 Å². The average molecular weight is 481 g/mol. The summed E-state index contributed by atoms with van der Waals surface area (Å²) in [6.45, 7) is 1.74. The predicted octanol–water partition coefficient (Wildman–Crippen LogP) is 4.38. The maximum atomic E-state index is 13.2. The van der Waals surface area contributed by atoms with Gasteiger partial charge in [0, 0.05) is 4.47 Å². The molecule has 28 heavy (non-hydrogen) atoms. The molecule has 0 radical (unpaired) electrons. The van der Waals surface area contributed by atoms with Gasteiger partial charge in [0.15, 0.2) is 0 Å². The summed E-state index contributed by atoms with van der Waals surface area (Å²) in [5.41, 5.74) is 0.340. The quantitative estimate of drug-likeness (QED) is 0.584. The van der Waals surface area contributed by atoms with Crippen LogP contribution in [0.1, 0.15) is 12.5 Å². The molecule has 0 unspecified atom stereocenters. The molecule has 0 saturated carbocycles. The lowest BCUT2D eigenvalue weighted by molar-refractivity contribution is 0.456. The fourth-order valence-corrected chi connectivity index (χ4v) is 6.09. The van der Waals surface area contributed by atoms with Crippen LogP contribution in [0.4, 0.5) is 0 Å². The van der Waals surface area contributed by atoms with Crippen LogP contribution in [-0.2, 0) is 26.1 Å². The van der Waals surface area contributed by atoms with E-state index in [-0.39, 0.29) is 14.7 Å². The Morgan fingerprint density at radius 2 is 1.32 bits per heavy atom. The standard InChI is InChI=1S/C20H17BrO5S2/c1-2-14-12-18(22)20(28(25,26)16-6-4-3-5-7-16)13-19(14)27(23,24)17-10-8-15(21)9-11-17/h3-13,22H,2H2,1H3. The zero-order valence-corrected chi connectivity index (χ0v) is 18.1. The maximum absolute atomic E-state index is 13.2. The predicted molar refractivity (Wildman–Crippen MR) is 109 cm³/mol. The minimum atomic E-state index is -4.09. The van der Waals surface area contributed by atoms with Crippen LogP contribution >= 0.6 is 15.9 Å². The summed E-state index contributed by atoms with van der Waals surface area (Å²) in [7, 11) is -8.06. The number of hydrogen-bond acceptors (Lipinski definition) is 5. The number of phenols is 1. The van der Waals surface area contributed by atoms with Crippen molar-refractivity contribution in [3.05, 3.63) is 76.8 Å². The number of phenolic OH excluding ortho intramolecular Hbond substituents is 1. The van der Waals surface area contributed by atoms with Crippen molar-refractivity contribution in [2.75, 3.05) is 0 Å². The number of benzene rings is 3. The second-order valence-electron chi connectivity index (χ2n) is 6.06. The Hall–Kier alpha value is -2.16. The normalized spacial score (nSPS) is 12.1. The molecule has 0 aliphatic rings. The zero-order valence-electron chi connectivity index (χ0n) is 14.8. The highest BCUT2D eigenvalue weighted by Crippen LogP contribution is 2.35. The van der Waals surface area contributed by atoms with E-state index in [2.05, 4.69) is 15.9 Å². The van der Waals surface area contributed by atoms with Gasteiger partial charge in [0.25, 0.3) is 0 Å². The molecular formula is C20H17BrO5S2. The number of aromatic hydroxyl groups is 1. The highest BCUT2D eigenvalue weighted by atomic mass is 79.9. The molecule has 1 N–H and O–H groups in total. The van der Waals surface area contributed by atoms with E-state index in [0.29, 0.717) is 12.0 Å². The molecule has 3 rings (SSSR count). The van der Waals surface area contributed by atoms with Crippen LogP contribution in [0.25, 0.3) is 0 Å². The first-order valence-electron chi connectivity index (χ1n) is 8.34. The Morgan fingerprint density at radius 3 is 1.89 bits per heavy atom. The Kier molecular flexibility index (Phi) is 5.65. The van der Waals surface area contributed by atoms with Gasteiger partial charge in [-0.1, -0.05) is 41.1 Å². The van der Waals surface area contributed by atoms with Crippen LogP contribution in [0.3, 0.4) is 0 Å². The highest BCUT2D eigenvalue weighted by Gasteiger charge is 2.28. The molecule has 3 aromatic rings. The maximum Gasteiger partial charge on any atom is 0.210 e. The van der Waals surface area contributed by atoms with Gasteiger partial charge in [-0.2, -0.15) is 0 Å². The van der Waals surface area contributed by atoms with Crippen molar-refractivity contribution in [1.82, 2.24) is 0 Å². The first-order chi connectivity index (χ1) is 13.2. The topological polar surface area (TPSA) is 88.5 Å². The summed E-state index contributed by atoms with van der Waals surface area (Å²) in [4.78, 5) is -0.558. The van der Waals surface area contributed by atoms with Gasteiger partial charge in [0.05, 0.1) is 14.7 Å². The third-order valence-corrected chi connectivity index (χ3v) is 8.46. The fraction of sp³-hybridized carbons (Fsp3) is 0.100. The van der Waals surface area contributed by atoms with E-state index in [1.54, 1.807) is 37.3 Å². The Bertz CT molecular complexity index is 1220. The fourth-order valence-electron chi connectivity index (χ4n) is 2.80. The van der Waals surface area contributed by atoms with Gasteiger partial charge in [-0.25, -0.2) is 16.8 Å². The van der Waals surface area contributed by atoms with E-state index in [1.165, 1.54) is 30.3 Å². The van der Waals surface area contributed by atoms with Gasteiger partial charge in [0.1, 0.15) is 10.6 Å². The summed E-state index contributed by atoms with van der Waals surface area (Å²) < 4.78 is 52.9. The largest absolute Gasteiger partial charge is 0.507 e. The molecule has 0 amide bonds. The summed E-state index contributed by atoms with van der Waals surface area (Å²) in [6.07, 6.45) is 0.310. The van der Waals surface area contributed by atoms with Crippen LogP contribution in [0.2, 0.25) is 0 Å². The minimum Gasteiger partial charge on any atom is -0.507 e. The number of rotatable bonds is 5. The van der Waals surface area contributed by atoms with Crippen molar-refractivity contribution < 1.29 is 21.9 Å². The van der Waals surface area contributed by atoms with E-state index >= 15 is 0 Å². The Balaban J connectivity index is 2.26. The molecule has 0 heterocycles. The van der Waals surface area contributed by atoms with E-state index < -0.39 is 30.3 Å². The number of halogens is 1. The molecule has 0 spiro atoms. The molecule has 8 heteroatoms.